The van der Waals surface area contributed by atoms with Crippen molar-refractivity contribution in [3.05, 3.63) is 88.5 Å². The molecule has 6 nitrogen and oxygen atoms in total. The van der Waals surface area contributed by atoms with Crippen molar-refractivity contribution in [3.8, 4) is 5.75 Å². The number of fused-ring (bicyclic) bond motifs is 2. The van der Waals surface area contributed by atoms with E-state index in [9.17, 15) is 13.2 Å². The standard InChI is InChI=1S/C27H28N2O4S/c1-19-12-13-25(33-2)26-24(19)11-6-15-29(26)27(30)21-9-5-10-23(17-21)34(31,32)28-16-14-20-7-3-4-8-22(20)18-28/h3-5,7-10,12-13,17H,6,11,14-16,18H2,1-2H3. The van der Waals surface area contributed by atoms with E-state index in [0.717, 1.165) is 35.2 Å². The summed E-state index contributed by atoms with van der Waals surface area (Å²) in [5.41, 5.74) is 5.59. The number of benzene rings is 3. The summed E-state index contributed by atoms with van der Waals surface area (Å²) < 4.78 is 34.0. The molecule has 0 radical (unpaired) electrons. The molecule has 2 aliphatic rings. The maximum atomic E-state index is 13.6. The van der Waals surface area contributed by atoms with E-state index in [2.05, 4.69) is 0 Å². The van der Waals surface area contributed by atoms with Crippen LogP contribution in [0, 0.1) is 6.92 Å². The smallest absolute Gasteiger partial charge is 0.258 e. The summed E-state index contributed by atoms with van der Waals surface area (Å²) in [5.74, 6) is 0.440. The highest BCUT2D eigenvalue weighted by molar-refractivity contribution is 7.89. The molecule has 2 aliphatic heterocycles. The van der Waals surface area contributed by atoms with Gasteiger partial charge in [0.05, 0.1) is 17.7 Å². The quantitative estimate of drug-likeness (QED) is 0.562. The largest absolute Gasteiger partial charge is 0.495 e. The lowest BCUT2D eigenvalue weighted by atomic mass is 9.95. The summed E-state index contributed by atoms with van der Waals surface area (Å²) in [6, 6.07) is 18.2. The third-order valence-electron chi connectivity index (χ3n) is 6.84. The van der Waals surface area contributed by atoms with E-state index in [4.69, 9.17) is 4.74 Å². The summed E-state index contributed by atoms with van der Waals surface area (Å²) in [5, 5.41) is 0. The van der Waals surface area contributed by atoms with Gasteiger partial charge in [-0.15, -0.1) is 0 Å². The Hall–Kier alpha value is -3.16. The van der Waals surface area contributed by atoms with Crippen molar-refractivity contribution in [2.45, 2.75) is 37.6 Å². The first kappa shape index (κ1) is 22.6. The van der Waals surface area contributed by atoms with Crippen LogP contribution in [0.2, 0.25) is 0 Å². The first-order valence-electron chi connectivity index (χ1n) is 11.6. The van der Waals surface area contributed by atoms with Crippen molar-refractivity contribution in [2.24, 2.45) is 0 Å². The van der Waals surface area contributed by atoms with Crippen molar-refractivity contribution in [1.82, 2.24) is 4.31 Å². The van der Waals surface area contributed by atoms with Gasteiger partial charge in [-0.1, -0.05) is 36.4 Å². The predicted molar refractivity (Wildman–Crippen MR) is 132 cm³/mol. The fourth-order valence-corrected chi connectivity index (χ4v) is 6.46. The lowest BCUT2D eigenvalue weighted by molar-refractivity contribution is 0.0984. The third kappa shape index (κ3) is 3.89. The maximum absolute atomic E-state index is 13.6. The lowest BCUT2D eigenvalue weighted by Gasteiger charge is -2.32. The lowest BCUT2D eigenvalue weighted by Crippen LogP contribution is -2.37. The van der Waals surface area contributed by atoms with Gasteiger partial charge < -0.3 is 9.64 Å². The van der Waals surface area contributed by atoms with Crippen LogP contribution in [-0.2, 0) is 29.4 Å². The fourth-order valence-electron chi connectivity index (χ4n) is 4.99. The van der Waals surface area contributed by atoms with Crippen LogP contribution in [0.25, 0.3) is 0 Å². The number of ether oxygens (including phenoxy) is 1. The number of carbonyl (C=O) groups excluding carboxylic acids is 1. The summed E-state index contributed by atoms with van der Waals surface area (Å²) in [6.07, 6.45) is 2.41. The van der Waals surface area contributed by atoms with Crippen molar-refractivity contribution in [3.63, 3.8) is 0 Å². The second kappa shape index (κ2) is 8.89. The number of amides is 1. The van der Waals surface area contributed by atoms with Crippen LogP contribution in [0.4, 0.5) is 5.69 Å². The Bertz CT molecular complexity index is 1370. The van der Waals surface area contributed by atoms with E-state index in [1.165, 1.54) is 15.9 Å². The highest BCUT2D eigenvalue weighted by Gasteiger charge is 2.31. The second-order valence-electron chi connectivity index (χ2n) is 8.86. The van der Waals surface area contributed by atoms with Gasteiger partial charge in [0.2, 0.25) is 10.0 Å². The topological polar surface area (TPSA) is 66.9 Å². The molecule has 0 spiro atoms. The molecule has 0 saturated carbocycles. The zero-order valence-electron chi connectivity index (χ0n) is 19.5. The van der Waals surface area contributed by atoms with Gasteiger partial charge in [0.15, 0.2) is 0 Å². The Balaban J connectivity index is 1.47. The molecule has 3 aromatic rings. The minimum absolute atomic E-state index is 0.145. The SMILES string of the molecule is COc1ccc(C)c2c1N(C(=O)c1cccc(S(=O)(=O)N3CCc4ccccc4C3)c1)CCC2. The molecule has 0 atom stereocenters. The van der Waals surface area contributed by atoms with Crippen LogP contribution in [0.1, 0.15) is 39.0 Å². The number of anilines is 1. The van der Waals surface area contributed by atoms with Gasteiger partial charge in [0.1, 0.15) is 5.75 Å². The van der Waals surface area contributed by atoms with Gasteiger partial charge in [0.25, 0.3) is 5.91 Å². The van der Waals surface area contributed by atoms with Crippen molar-refractivity contribution < 1.29 is 17.9 Å². The van der Waals surface area contributed by atoms with Gasteiger partial charge in [-0.3, -0.25) is 4.79 Å². The molecule has 0 fully saturated rings. The summed E-state index contributed by atoms with van der Waals surface area (Å²) in [6.45, 7) is 3.36. The average molecular weight is 477 g/mol. The van der Waals surface area contributed by atoms with Crippen LogP contribution in [0.3, 0.4) is 0 Å². The zero-order chi connectivity index (χ0) is 23.9. The minimum atomic E-state index is -3.73. The van der Waals surface area contributed by atoms with E-state index >= 15 is 0 Å². The Morgan fingerprint density at radius 1 is 0.941 bits per heavy atom. The first-order chi connectivity index (χ1) is 16.4. The van der Waals surface area contributed by atoms with Crippen LogP contribution in [0.5, 0.6) is 5.75 Å². The van der Waals surface area contributed by atoms with E-state index in [1.807, 2.05) is 43.3 Å². The highest BCUT2D eigenvalue weighted by Crippen LogP contribution is 2.39. The number of carbonyl (C=O) groups is 1. The molecule has 0 N–H and O–H groups in total. The van der Waals surface area contributed by atoms with E-state index in [0.29, 0.717) is 37.4 Å². The number of aryl methyl sites for hydroxylation is 1. The fraction of sp³-hybridized carbons (Fsp3) is 0.296. The summed E-state index contributed by atoms with van der Waals surface area (Å²) in [4.78, 5) is 15.5. The number of methoxy groups -OCH3 is 1. The molecule has 0 unspecified atom stereocenters. The summed E-state index contributed by atoms with van der Waals surface area (Å²) >= 11 is 0. The molecule has 0 saturated heterocycles. The third-order valence-corrected chi connectivity index (χ3v) is 8.68. The molecule has 0 aliphatic carbocycles. The van der Waals surface area contributed by atoms with E-state index < -0.39 is 10.0 Å². The Labute approximate surface area is 200 Å². The molecule has 0 bridgehead atoms. The first-order valence-corrected chi connectivity index (χ1v) is 13.0. The molecule has 176 valence electrons. The van der Waals surface area contributed by atoms with Gasteiger partial charge in [0, 0.05) is 25.2 Å². The van der Waals surface area contributed by atoms with Gasteiger partial charge >= 0.3 is 0 Å². The number of hydrogen-bond acceptors (Lipinski definition) is 4. The number of nitrogens with zero attached hydrogens (tertiary/aromatic N) is 2. The molecule has 34 heavy (non-hydrogen) atoms. The number of hydrogen-bond donors (Lipinski definition) is 0. The number of sulfonamides is 1. The van der Waals surface area contributed by atoms with Gasteiger partial charge in [-0.25, -0.2) is 8.42 Å². The number of rotatable bonds is 4. The zero-order valence-corrected chi connectivity index (χ0v) is 20.3. The van der Waals surface area contributed by atoms with Gasteiger partial charge in [-0.05, 0) is 72.7 Å². The molecule has 2 heterocycles. The molecular weight excluding hydrogens is 448 g/mol. The second-order valence-corrected chi connectivity index (χ2v) is 10.8. The molecule has 5 rings (SSSR count). The van der Waals surface area contributed by atoms with Crippen molar-refractivity contribution in [1.29, 1.82) is 0 Å². The monoisotopic (exact) mass is 476 g/mol. The van der Waals surface area contributed by atoms with Crippen LogP contribution in [0.15, 0.2) is 65.6 Å². The molecule has 7 heteroatoms. The highest BCUT2D eigenvalue weighted by atomic mass is 32.2. The molecule has 3 aromatic carbocycles. The Morgan fingerprint density at radius 3 is 2.53 bits per heavy atom. The van der Waals surface area contributed by atoms with Crippen LogP contribution < -0.4 is 9.64 Å². The van der Waals surface area contributed by atoms with Crippen molar-refractivity contribution >= 4 is 21.6 Å². The molecular formula is C27H28N2O4S. The Morgan fingerprint density at radius 2 is 1.74 bits per heavy atom. The molecule has 1 amide bonds. The average Bonchev–Trinajstić information content (AvgIpc) is 2.88. The van der Waals surface area contributed by atoms with Gasteiger partial charge in [-0.2, -0.15) is 4.31 Å². The maximum Gasteiger partial charge on any atom is 0.258 e. The Kier molecular flexibility index (Phi) is 5.91. The minimum Gasteiger partial charge on any atom is -0.495 e. The van der Waals surface area contributed by atoms with Crippen LogP contribution >= 0.6 is 0 Å². The summed E-state index contributed by atoms with van der Waals surface area (Å²) in [7, 11) is -2.13. The van der Waals surface area contributed by atoms with E-state index in [1.54, 1.807) is 30.2 Å². The van der Waals surface area contributed by atoms with Crippen LogP contribution in [-0.4, -0.2) is 38.8 Å². The predicted octanol–water partition coefficient (Wildman–Crippen LogP) is 4.34. The normalized spacial score (nSPS) is 16.0. The van der Waals surface area contributed by atoms with E-state index in [-0.39, 0.29) is 10.8 Å². The van der Waals surface area contributed by atoms with Crippen molar-refractivity contribution in [2.75, 3.05) is 25.1 Å². The molecule has 0 aromatic heterocycles.